The van der Waals surface area contributed by atoms with Crippen LogP contribution >= 0.6 is 0 Å². The van der Waals surface area contributed by atoms with Crippen molar-refractivity contribution in [2.24, 2.45) is 35.5 Å². The monoisotopic (exact) mass is 1290 g/mol. The molecule has 1 aliphatic carbocycles. The number of fused-ring (bicyclic) bond motifs is 3. The van der Waals surface area contributed by atoms with Crippen LogP contribution in [0.25, 0.3) is 0 Å². The van der Waals surface area contributed by atoms with Crippen molar-refractivity contribution in [2.45, 2.75) is 193 Å². The van der Waals surface area contributed by atoms with Gasteiger partial charge in [0.2, 0.25) is 5.79 Å². The van der Waals surface area contributed by atoms with Crippen LogP contribution in [0.1, 0.15) is 139 Å². The first kappa shape index (κ1) is 78.8. The minimum absolute atomic E-state index is 0.00980. The highest BCUT2D eigenvalue weighted by atomic mass is 16.6. The number of hydrogen-bond donors (Lipinski definition) is 3. The van der Waals surface area contributed by atoms with Crippen LogP contribution in [0, 0.1) is 35.5 Å². The summed E-state index contributed by atoms with van der Waals surface area (Å²) in [4.78, 5) is 96.9. The van der Waals surface area contributed by atoms with Crippen LogP contribution in [0.4, 0.5) is 4.79 Å². The molecule has 2 bridgehead atoms. The summed E-state index contributed by atoms with van der Waals surface area (Å²) in [6.07, 6.45) is 9.93. The zero-order valence-electron chi connectivity index (χ0n) is 56.2. The molecule has 3 aliphatic heterocycles. The molecule has 4 rings (SSSR count). The summed E-state index contributed by atoms with van der Waals surface area (Å²) in [5, 5.41) is 26.4. The molecule has 3 fully saturated rings. The predicted octanol–water partition coefficient (Wildman–Crippen LogP) is 6.99. The summed E-state index contributed by atoms with van der Waals surface area (Å²) in [7, 11) is 4.49. The summed E-state index contributed by atoms with van der Waals surface area (Å²) in [6, 6.07) is -1.20. The number of aliphatic hydroxyl groups excluding tert-OH is 1. The number of Topliss-reactive ketones (excluding diaryl/α,β-unsaturated/α-hetero) is 4. The van der Waals surface area contributed by atoms with E-state index in [9.17, 15) is 43.8 Å². The maximum absolute atomic E-state index is 14.7. The van der Waals surface area contributed by atoms with Crippen molar-refractivity contribution in [1.29, 1.82) is 0 Å². The number of hydrogen-bond acceptors (Lipinski definition) is 21. The molecular formula is C68H110N2O21. The SMILES string of the molecule is CO[C@H]1C[C@@H]2CC[C@@H](C)[C@@](O)(O2)C(=O)C(=O)N2CCCC[C@H]2C(=O)O[C@H]([C@H](C)C[C@@H]2CC[C@@H](OC(=O)NCCOCCOCCOCCOCCOCCOCCC(C)=O)[C@H](OC)C2)CC(=O)[C@H](C)/C=C(\C)[C@@H](O)[C@@H](OC)C(=O)C(C)C[C@H](C)/C=C/C=C/C=C/1C. The maximum Gasteiger partial charge on any atom is 0.407 e. The quantitative estimate of drug-likeness (QED) is 0.0308. The van der Waals surface area contributed by atoms with E-state index in [0.717, 1.165) is 5.57 Å². The number of allylic oxidation sites excluding steroid dienone is 6. The molecule has 518 valence electrons. The Balaban J connectivity index is 1.38. The number of nitrogens with one attached hydrogen (secondary N) is 1. The maximum atomic E-state index is 14.7. The highest BCUT2D eigenvalue weighted by Gasteiger charge is 2.53. The number of ether oxygens (including phenoxy) is 12. The Labute approximate surface area is 540 Å². The van der Waals surface area contributed by atoms with Gasteiger partial charge in [0.15, 0.2) is 5.78 Å². The number of methoxy groups -OCH3 is 3. The normalized spacial score (nSPS) is 32.1. The number of esters is 1. The van der Waals surface area contributed by atoms with Crippen molar-refractivity contribution < 1.29 is 101 Å². The second kappa shape index (κ2) is 42.6. The molecule has 23 nitrogen and oxygen atoms in total. The van der Waals surface area contributed by atoms with Gasteiger partial charge in [0, 0.05) is 71.4 Å². The Hall–Kier alpha value is -4.63. The Morgan fingerprint density at radius 1 is 0.725 bits per heavy atom. The molecule has 2 amide bonds. The molecule has 91 heavy (non-hydrogen) atoms. The molecule has 0 aromatic carbocycles. The molecule has 1 unspecified atom stereocenters. The number of amides is 2. The number of aliphatic hydroxyl groups is 2. The minimum Gasteiger partial charge on any atom is -0.460 e. The Bertz CT molecular complexity index is 2360. The van der Waals surface area contributed by atoms with Gasteiger partial charge in [-0.25, -0.2) is 9.59 Å². The summed E-state index contributed by atoms with van der Waals surface area (Å²) >= 11 is 0. The number of rotatable bonds is 28. The lowest BCUT2D eigenvalue weighted by atomic mass is 9.78. The van der Waals surface area contributed by atoms with Gasteiger partial charge < -0.3 is 77.3 Å². The van der Waals surface area contributed by atoms with Crippen molar-refractivity contribution in [3.8, 4) is 0 Å². The first-order valence-electron chi connectivity index (χ1n) is 32.9. The van der Waals surface area contributed by atoms with E-state index in [2.05, 4.69) is 5.32 Å². The van der Waals surface area contributed by atoms with Gasteiger partial charge in [-0.2, -0.15) is 0 Å². The summed E-state index contributed by atoms with van der Waals surface area (Å²) in [5.41, 5.74) is 1.22. The van der Waals surface area contributed by atoms with Gasteiger partial charge in [-0.3, -0.25) is 24.0 Å². The Morgan fingerprint density at radius 3 is 1.96 bits per heavy atom. The van der Waals surface area contributed by atoms with Crippen molar-refractivity contribution in [2.75, 3.05) is 114 Å². The Kier molecular flexibility index (Phi) is 36.9. The highest BCUT2D eigenvalue weighted by Crippen LogP contribution is 2.38. The average Bonchev–Trinajstić information content (AvgIpc) is 0.827. The largest absolute Gasteiger partial charge is 0.460 e. The predicted molar refractivity (Wildman–Crippen MR) is 338 cm³/mol. The van der Waals surface area contributed by atoms with Gasteiger partial charge in [-0.05, 0) is 114 Å². The first-order chi connectivity index (χ1) is 43.5. The molecule has 3 heterocycles. The molecule has 15 atom stereocenters. The van der Waals surface area contributed by atoms with Gasteiger partial charge in [-0.15, -0.1) is 0 Å². The minimum atomic E-state index is -2.47. The summed E-state index contributed by atoms with van der Waals surface area (Å²) < 4.78 is 68.7. The van der Waals surface area contributed by atoms with Gasteiger partial charge in [0.05, 0.1) is 97.6 Å². The van der Waals surface area contributed by atoms with Gasteiger partial charge in [-0.1, -0.05) is 71.1 Å². The average molecular weight is 1290 g/mol. The van der Waals surface area contributed by atoms with Crippen molar-refractivity contribution >= 4 is 41.1 Å². The van der Waals surface area contributed by atoms with Crippen LogP contribution in [0.2, 0.25) is 0 Å². The zero-order chi connectivity index (χ0) is 66.9. The lowest BCUT2D eigenvalue weighted by molar-refractivity contribution is -0.265. The number of alkyl carbamates (subject to hydrolysis) is 1. The molecule has 0 aromatic heterocycles. The van der Waals surface area contributed by atoms with Crippen LogP contribution in [-0.2, 0) is 85.6 Å². The third kappa shape index (κ3) is 27.3. The van der Waals surface area contributed by atoms with Crippen LogP contribution in [-0.4, -0.2) is 224 Å². The molecule has 0 spiro atoms. The topological polar surface area (TPSA) is 286 Å². The molecule has 23 heteroatoms. The van der Waals surface area contributed by atoms with Crippen molar-refractivity contribution in [1.82, 2.24) is 10.2 Å². The second-order valence-electron chi connectivity index (χ2n) is 25.0. The molecule has 2 saturated heterocycles. The van der Waals surface area contributed by atoms with Crippen LogP contribution in [0.5, 0.6) is 0 Å². The third-order valence-electron chi connectivity index (χ3n) is 17.7. The zero-order valence-corrected chi connectivity index (χ0v) is 56.2. The lowest BCUT2D eigenvalue weighted by Crippen LogP contribution is -2.61. The summed E-state index contributed by atoms with van der Waals surface area (Å²) in [6.45, 7) is 19.0. The van der Waals surface area contributed by atoms with Gasteiger partial charge >= 0.3 is 12.1 Å². The van der Waals surface area contributed by atoms with Crippen LogP contribution < -0.4 is 5.32 Å². The molecular weight excluding hydrogens is 1180 g/mol. The summed E-state index contributed by atoms with van der Waals surface area (Å²) in [5.74, 6) is -8.47. The van der Waals surface area contributed by atoms with E-state index in [0.29, 0.717) is 149 Å². The first-order valence-corrected chi connectivity index (χ1v) is 32.9. The van der Waals surface area contributed by atoms with E-state index < -0.39 is 102 Å². The third-order valence-corrected chi connectivity index (χ3v) is 17.7. The fraction of sp³-hybridized carbons (Fsp3) is 0.779. The number of cyclic esters (lactones) is 1. The molecule has 1 saturated carbocycles. The number of carbonyl (C=O) groups is 7. The van der Waals surface area contributed by atoms with Crippen molar-refractivity contribution in [3.05, 3.63) is 47.6 Å². The fourth-order valence-corrected chi connectivity index (χ4v) is 12.1. The fourth-order valence-electron chi connectivity index (χ4n) is 12.1. The van der Waals surface area contributed by atoms with Gasteiger partial charge in [0.25, 0.3) is 11.7 Å². The Morgan fingerprint density at radius 2 is 1.35 bits per heavy atom. The smallest absolute Gasteiger partial charge is 0.407 e. The number of nitrogens with zero attached hydrogens (tertiary/aromatic N) is 1. The van der Waals surface area contributed by atoms with E-state index in [1.807, 2.05) is 51.2 Å². The van der Waals surface area contributed by atoms with E-state index in [1.54, 1.807) is 48.0 Å². The van der Waals surface area contributed by atoms with Gasteiger partial charge in [0.1, 0.15) is 42.0 Å². The molecule has 4 aliphatic rings. The lowest BCUT2D eigenvalue weighted by Gasteiger charge is -2.42. The van der Waals surface area contributed by atoms with Crippen molar-refractivity contribution in [3.63, 3.8) is 0 Å². The van der Waals surface area contributed by atoms with E-state index in [4.69, 9.17) is 56.8 Å². The molecule has 0 aromatic rings. The van der Waals surface area contributed by atoms with E-state index >= 15 is 0 Å². The molecule has 0 radical (unpaired) electrons. The van der Waals surface area contributed by atoms with Crippen LogP contribution in [0.15, 0.2) is 47.6 Å². The van der Waals surface area contributed by atoms with E-state index in [-0.39, 0.29) is 61.7 Å². The van der Waals surface area contributed by atoms with E-state index in [1.165, 1.54) is 18.9 Å². The highest BCUT2D eigenvalue weighted by molar-refractivity contribution is 6.39. The number of ketones is 4. The van der Waals surface area contributed by atoms with Crippen LogP contribution in [0.3, 0.4) is 0 Å². The number of piperidine rings is 1. The molecule has 3 N–H and O–H groups in total. The number of carbonyl (C=O) groups excluding carboxylic acids is 7. The standard InChI is InChI=1S/C68H110N2O21/c1-45-17-13-12-14-18-46(2)58(80-9)43-54-22-20-51(7)68(79,91-54)64(75)65(76)70-26-16-15-19-55(70)66(77)89-59(44-56(72)47(3)40-50(6)62(74)63(82-11)61(73)49(5)39-45)48(4)41-53-21-23-57(60(42-53)81-10)90-67(78)69-25-28-84-30-32-86-34-36-88-38-37-87-35-33-85-31-29-83-27-24-52(8)71/h12-14,17-18,40,45,47-49,51,53-55,57-60,62-63,74,79H,15-16,19-39,41-44H2,1-11H3,(H,69,78)/b14-12+,17-13+,46-18+,50-40+/t45-,47-,48-,49?,51-,53+,54+,55+,57-,58+,59+,60-,62-,63+,68-/m1/s1. The second-order valence-corrected chi connectivity index (χ2v) is 25.0.